The van der Waals surface area contributed by atoms with Gasteiger partial charge < -0.3 is 23.8 Å². The van der Waals surface area contributed by atoms with Crippen LogP contribution in [0.2, 0.25) is 0 Å². The van der Waals surface area contributed by atoms with Gasteiger partial charge in [0.2, 0.25) is 0 Å². The summed E-state index contributed by atoms with van der Waals surface area (Å²) in [5, 5.41) is 9.54. The van der Waals surface area contributed by atoms with E-state index in [0.717, 1.165) is 10.6 Å². The SMILES string of the molecule is CC(C)C[C@H](COP(=O)([O-])OC(C)C)O[C@H](CO)n1ccc(=O)[nH]c1=O. The van der Waals surface area contributed by atoms with Gasteiger partial charge in [-0.1, -0.05) is 13.8 Å². The minimum Gasteiger partial charge on any atom is -0.756 e. The summed E-state index contributed by atoms with van der Waals surface area (Å²) in [5.41, 5.74) is -1.33. The first-order chi connectivity index (χ1) is 12.0. The fourth-order valence-electron chi connectivity index (χ4n) is 2.22. The van der Waals surface area contributed by atoms with E-state index >= 15 is 0 Å². The van der Waals surface area contributed by atoms with Gasteiger partial charge in [-0.3, -0.25) is 18.9 Å². The molecule has 1 aromatic rings. The Kier molecular flexibility index (Phi) is 8.88. The Morgan fingerprint density at radius 1 is 1.31 bits per heavy atom. The molecule has 0 aliphatic heterocycles. The molecule has 0 spiro atoms. The molecule has 26 heavy (non-hydrogen) atoms. The highest BCUT2D eigenvalue weighted by atomic mass is 31.2. The minimum absolute atomic E-state index is 0.132. The van der Waals surface area contributed by atoms with E-state index in [4.69, 9.17) is 13.8 Å². The third kappa shape index (κ3) is 7.94. The first-order valence-electron chi connectivity index (χ1n) is 8.25. The first-order valence-corrected chi connectivity index (χ1v) is 9.72. The van der Waals surface area contributed by atoms with Crippen LogP contribution >= 0.6 is 7.82 Å². The molecule has 150 valence electrons. The van der Waals surface area contributed by atoms with Gasteiger partial charge >= 0.3 is 5.69 Å². The summed E-state index contributed by atoms with van der Waals surface area (Å²) in [6.45, 7) is 6.02. The number of phosphoric acid groups is 1. The molecule has 1 unspecified atom stereocenters. The lowest BCUT2D eigenvalue weighted by Gasteiger charge is -2.30. The van der Waals surface area contributed by atoms with Gasteiger partial charge in [-0.25, -0.2) is 4.79 Å². The topological polar surface area (TPSA) is 143 Å². The van der Waals surface area contributed by atoms with Crippen LogP contribution in [0.5, 0.6) is 0 Å². The lowest BCUT2D eigenvalue weighted by Crippen LogP contribution is -2.37. The fourth-order valence-corrected chi connectivity index (χ4v) is 3.15. The summed E-state index contributed by atoms with van der Waals surface area (Å²) in [6.07, 6.45) is -0.799. The molecule has 11 heteroatoms. The number of aromatic nitrogens is 2. The minimum atomic E-state index is -4.49. The highest BCUT2D eigenvalue weighted by Crippen LogP contribution is 2.40. The van der Waals surface area contributed by atoms with Crippen LogP contribution in [0.3, 0.4) is 0 Å². The van der Waals surface area contributed by atoms with E-state index in [1.165, 1.54) is 6.20 Å². The quantitative estimate of drug-likeness (QED) is 0.513. The molecule has 2 N–H and O–H groups in total. The van der Waals surface area contributed by atoms with Crippen LogP contribution in [-0.2, 0) is 18.3 Å². The number of aliphatic hydroxyl groups excluding tert-OH is 1. The standard InChI is InChI=1S/C15H27N2O8P/c1-10(2)7-12(9-23-26(21,22)25-11(3)4)24-14(8-18)17-6-5-13(19)16-15(17)20/h5-6,10-12,14,18H,7-9H2,1-4H3,(H,21,22)(H,16,19,20)/p-1/t12-,14-/m1/s1. The maximum absolute atomic E-state index is 11.9. The van der Waals surface area contributed by atoms with Crippen molar-refractivity contribution in [2.75, 3.05) is 13.2 Å². The van der Waals surface area contributed by atoms with Gasteiger partial charge in [-0.2, -0.15) is 0 Å². The summed E-state index contributed by atoms with van der Waals surface area (Å²) in [5.74, 6) is 0.132. The van der Waals surface area contributed by atoms with Gasteiger partial charge in [-0.05, 0) is 26.2 Å². The number of rotatable bonds is 11. The Balaban J connectivity index is 2.89. The summed E-state index contributed by atoms with van der Waals surface area (Å²) in [6, 6.07) is 1.11. The molecule has 0 saturated carbocycles. The number of phosphoric ester groups is 1. The Morgan fingerprint density at radius 2 is 1.96 bits per heavy atom. The van der Waals surface area contributed by atoms with Gasteiger partial charge in [-0.15, -0.1) is 0 Å². The number of aliphatic hydroxyl groups is 1. The second-order valence-electron chi connectivity index (χ2n) is 6.44. The van der Waals surface area contributed by atoms with E-state index in [-0.39, 0.29) is 12.5 Å². The molecule has 0 aliphatic rings. The molecule has 1 rings (SSSR count). The van der Waals surface area contributed by atoms with Gasteiger partial charge in [0.05, 0.1) is 25.4 Å². The summed E-state index contributed by atoms with van der Waals surface area (Å²) in [7, 11) is -4.49. The molecule has 10 nitrogen and oxygen atoms in total. The second kappa shape index (κ2) is 10.1. The summed E-state index contributed by atoms with van der Waals surface area (Å²) < 4.78 is 28.0. The van der Waals surface area contributed by atoms with Crippen molar-refractivity contribution < 1.29 is 28.3 Å². The molecule has 0 fully saturated rings. The Bertz CT molecular complexity index is 714. The zero-order chi connectivity index (χ0) is 19.9. The number of hydrogen-bond acceptors (Lipinski definition) is 8. The van der Waals surface area contributed by atoms with Crippen molar-refractivity contribution in [3.05, 3.63) is 33.1 Å². The highest BCUT2D eigenvalue weighted by Gasteiger charge is 2.22. The van der Waals surface area contributed by atoms with Gasteiger partial charge in [0.15, 0.2) is 6.23 Å². The van der Waals surface area contributed by atoms with Crippen molar-refractivity contribution in [2.45, 2.75) is 52.6 Å². The van der Waals surface area contributed by atoms with Crippen LogP contribution < -0.4 is 16.1 Å². The van der Waals surface area contributed by atoms with Crippen molar-refractivity contribution in [2.24, 2.45) is 5.92 Å². The molecule has 0 radical (unpaired) electrons. The number of nitrogens with one attached hydrogen (secondary N) is 1. The molecule has 3 atom stereocenters. The Hall–Kier alpha value is -1.29. The third-order valence-electron chi connectivity index (χ3n) is 3.16. The lowest BCUT2D eigenvalue weighted by molar-refractivity contribution is -0.232. The average molecular weight is 393 g/mol. The zero-order valence-corrected chi connectivity index (χ0v) is 16.2. The fraction of sp³-hybridized carbons (Fsp3) is 0.733. The average Bonchev–Trinajstić information content (AvgIpc) is 2.49. The zero-order valence-electron chi connectivity index (χ0n) is 15.3. The van der Waals surface area contributed by atoms with Crippen LogP contribution in [0, 0.1) is 5.92 Å². The first kappa shape index (κ1) is 22.8. The van der Waals surface area contributed by atoms with E-state index in [2.05, 4.69) is 4.98 Å². The highest BCUT2D eigenvalue weighted by molar-refractivity contribution is 7.45. The molecule has 0 aliphatic carbocycles. The molecule has 0 saturated heterocycles. The largest absolute Gasteiger partial charge is 0.756 e. The number of H-pyrrole nitrogens is 1. The van der Waals surface area contributed by atoms with Crippen LogP contribution in [0.4, 0.5) is 0 Å². The predicted molar refractivity (Wildman–Crippen MR) is 91.6 cm³/mol. The van der Waals surface area contributed by atoms with Crippen molar-refractivity contribution in [3.63, 3.8) is 0 Å². The molecule has 0 amide bonds. The van der Waals surface area contributed by atoms with Crippen LogP contribution in [0.15, 0.2) is 21.9 Å². The van der Waals surface area contributed by atoms with Crippen LogP contribution in [0.1, 0.15) is 40.3 Å². The monoisotopic (exact) mass is 393 g/mol. The predicted octanol–water partition coefficient (Wildman–Crippen LogP) is 0.369. The maximum Gasteiger partial charge on any atom is 0.330 e. The van der Waals surface area contributed by atoms with Crippen molar-refractivity contribution in [1.82, 2.24) is 9.55 Å². The molecule has 0 aromatic carbocycles. The van der Waals surface area contributed by atoms with Crippen molar-refractivity contribution in [3.8, 4) is 0 Å². The Morgan fingerprint density at radius 3 is 2.46 bits per heavy atom. The molecular formula is C15H26N2O8P-. The molecule has 1 heterocycles. The van der Waals surface area contributed by atoms with Gasteiger partial charge in [0.25, 0.3) is 13.4 Å². The van der Waals surface area contributed by atoms with E-state index < -0.39 is 44.1 Å². The van der Waals surface area contributed by atoms with Gasteiger partial charge in [0, 0.05) is 12.3 Å². The molecule has 1 aromatic heterocycles. The lowest BCUT2D eigenvalue weighted by atomic mass is 10.1. The normalized spacial score (nSPS) is 16.6. The third-order valence-corrected chi connectivity index (χ3v) is 4.31. The number of nitrogens with zero attached hydrogens (tertiary/aromatic N) is 1. The van der Waals surface area contributed by atoms with E-state index in [1.54, 1.807) is 13.8 Å². The number of hydrogen-bond donors (Lipinski definition) is 2. The van der Waals surface area contributed by atoms with E-state index in [0.29, 0.717) is 6.42 Å². The van der Waals surface area contributed by atoms with Crippen molar-refractivity contribution >= 4 is 7.82 Å². The Labute approximate surface area is 151 Å². The molecular weight excluding hydrogens is 367 g/mol. The number of ether oxygens (including phenoxy) is 1. The summed E-state index contributed by atoms with van der Waals surface area (Å²) in [4.78, 5) is 36.8. The molecule has 0 bridgehead atoms. The smallest absolute Gasteiger partial charge is 0.330 e. The van der Waals surface area contributed by atoms with Crippen LogP contribution in [-0.4, -0.2) is 40.1 Å². The summed E-state index contributed by atoms with van der Waals surface area (Å²) >= 11 is 0. The van der Waals surface area contributed by atoms with Crippen molar-refractivity contribution in [1.29, 1.82) is 0 Å². The van der Waals surface area contributed by atoms with E-state index in [1.807, 2.05) is 13.8 Å². The van der Waals surface area contributed by atoms with Gasteiger partial charge in [0.1, 0.15) is 0 Å². The number of aromatic amines is 1. The second-order valence-corrected chi connectivity index (χ2v) is 7.80. The van der Waals surface area contributed by atoms with Crippen LogP contribution in [0.25, 0.3) is 0 Å². The maximum atomic E-state index is 11.9. The van der Waals surface area contributed by atoms with E-state index in [9.17, 15) is 24.2 Å².